The van der Waals surface area contributed by atoms with E-state index < -0.39 is 27.7 Å². The van der Waals surface area contributed by atoms with Gasteiger partial charge in [0.05, 0.1) is 23.9 Å². The summed E-state index contributed by atoms with van der Waals surface area (Å²) in [5.74, 6) is -0.222. The Morgan fingerprint density at radius 2 is 1.72 bits per heavy atom. The molecule has 0 atom stereocenters. The van der Waals surface area contributed by atoms with Gasteiger partial charge in [0.15, 0.2) is 0 Å². The average molecular weight is 646 g/mol. The average Bonchev–Trinajstić information content (AvgIpc) is 3.58. The van der Waals surface area contributed by atoms with Crippen LogP contribution in [0.5, 0.6) is 11.5 Å². The Morgan fingerprint density at radius 3 is 2.43 bits per heavy atom. The van der Waals surface area contributed by atoms with Gasteiger partial charge in [0, 0.05) is 29.6 Å². The van der Waals surface area contributed by atoms with Crippen molar-refractivity contribution in [3.63, 3.8) is 0 Å². The van der Waals surface area contributed by atoms with Crippen molar-refractivity contribution in [3.05, 3.63) is 76.9 Å². The highest BCUT2D eigenvalue weighted by molar-refractivity contribution is 7.87. The van der Waals surface area contributed by atoms with Crippen molar-refractivity contribution in [1.29, 1.82) is 0 Å². The van der Waals surface area contributed by atoms with Gasteiger partial charge in [0.2, 0.25) is 0 Å². The summed E-state index contributed by atoms with van der Waals surface area (Å²) in [5.41, 5.74) is 3.38. The van der Waals surface area contributed by atoms with E-state index in [4.69, 9.17) is 13.7 Å². The number of hydrogen-bond donors (Lipinski definition) is 1. The fraction of sp³-hybridized carbons (Fsp3) is 0.371. The van der Waals surface area contributed by atoms with Gasteiger partial charge in [-0.2, -0.15) is 8.42 Å². The number of ether oxygens (including phenoxy) is 2. The highest BCUT2D eigenvalue weighted by Gasteiger charge is 2.33. The first-order valence-corrected chi connectivity index (χ1v) is 16.9. The van der Waals surface area contributed by atoms with Crippen LogP contribution in [-0.4, -0.2) is 55.7 Å². The van der Waals surface area contributed by atoms with Crippen molar-refractivity contribution in [2.45, 2.75) is 70.5 Å². The molecule has 0 saturated carbocycles. The second kappa shape index (κ2) is 12.1. The lowest BCUT2D eigenvalue weighted by molar-refractivity contribution is 0.0546. The van der Waals surface area contributed by atoms with Crippen LogP contribution in [0.25, 0.3) is 22.2 Å². The monoisotopic (exact) mass is 645 g/mol. The van der Waals surface area contributed by atoms with E-state index in [0.29, 0.717) is 22.3 Å². The van der Waals surface area contributed by atoms with Crippen LogP contribution in [0.3, 0.4) is 0 Å². The van der Waals surface area contributed by atoms with Gasteiger partial charge in [0.25, 0.3) is 5.91 Å². The number of likely N-dealkylation sites (tertiary alicyclic amines) is 1. The molecule has 3 heterocycles. The van der Waals surface area contributed by atoms with Gasteiger partial charge in [-0.3, -0.25) is 9.69 Å². The Bertz CT molecular complexity index is 1950. The molecular formula is C35H39N3O7S. The minimum atomic E-state index is -4.32. The summed E-state index contributed by atoms with van der Waals surface area (Å²) in [6, 6.07) is 15.7. The fourth-order valence-corrected chi connectivity index (χ4v) is 7.30. The molecule has 1 aromatic heterocycles. The number of methoxy groups -OCH3 is 1. The molecule has 0 unspecified atom stereocenters. The first-order valence-electron chi connectivity index (χ1n) is 15.5. The van der Waals surface area contributed by atoms with E-state index in [-0.39, 0.29) is 28.5 Å². The smallest absolute Gasteiger partial charge is 0.419 e. The van der Waals surface area contributed by atoms with Crippen LogP contribution >= 0.6 is 0 Å². The topological polar surface area (TPSA) is 116 Å². The molecule has 0 bridgehead atoms. The van der Waals surface area contributed by atoms with E-state index in [9.17, 15) is 18.0 Å². The Balaban J connectivity index is 1.45. The second-order valence-electron chi connectivity index (χ2n) is 12.9. The van der Waals surface area contributed by atoms with Crippen LogP contribution in [0.15, 0.2) is 59.5 Å². The van der Waals surface area contributed by atoms with E-state index in [1.165, 1.54) is 43.1 Å². The third-order valence-electron chi connectivity index (χ3n) is 8.28. The number of carbonyl (C=O) groups is 2. The molecule has 1 amide bonds. The number of aryl methyl sites for hydroxylation is 1. The lowest BCUT2D eigenvalue weighted by Crippen LogP contribution is -2.29. The maximum Gasteiger partial charge on any atom is 0.419 e. The summed E-state index contributed by atoms with van der Waals surface area (Å²) >= 11 is 0. The molecule has 1 N–H and O–H groups in total. The van der Waals surface area contributed by atoms with Crippen molar-refractivity contribution in [2.75, 3.05) is 20.2 Å². The number of nitrogens with zero attached hydrogens (tertiary/aromatic N) is 2. The second-order valence-corrected chi connectivity index (χ2v) is 14.4. The standard InChI is InChI=1S/C35H39N3O7S/c1-22-9-14-31(30(17-22)43-5)46(41,42)45-29-13-11-25(32-26(29)20-36-33(32)39)28-19-24-18-23(21-37-15-7-6-8-16-37)10-12-27(24)38(28)34(40)44-35(2,3)4/h9-14,17-19H,6-8,15-16,20-21H2,1-5H3,(H,36,39). The first kappa shape index (κ1) is 31.6. The number of hydrogen-bond acceptors (Lipinski definition) is 8. The van der Waals surface area contributed by atoms with Gasteiger partial charge in [-0.25, -0.2) is 9.36 Å². The highest BCUT2D eigenvalue weighted by Crippen LogP contribution is 2.40. The fourth-order valence-electron chi connectivity index (χ4n) is 6.20. The molecule has 46 heavy (non-hydrogen) atoms. The third-order valence-corrected chi connectivity index (χ3v) is 9.56. The zero-order valence-corrected chi connectivity index (χ0v) is 27.6. The summed E-state index contributed by atoms with van der Waals surface area (Å²) in [6.45, 7) is 10.2. The lowest BCUT2D eigenvalue weighted by Gasteiger charge is -2.26. The van der Waals surface area contributed by atoms with Gasteiger partial charge in [-0.15, -0.1) is 0 Å². The molecule has 1 fully saturated rings. The van der Waals surface area contributed by atoms with Crippen LogP contribution in [0.4, 0.5) is 4.79 Å². The molecule has 2 aliphatic rings. The number of nitrogens with one attached hydrogen (secondary N) is 1. The SMILES string of the molecule is COc1cc(C)ccc1S(=O)(=O)Oc1ccc(-c2cc3cc(CN4CCCCC4)ccc3n2C(=O)OC(C)(C)C)c2c1CNC2=O. The molecule has 0 spiro atoms. The zero-order chi connectivity index (χ0) is 32.8. The Hall–Kier alpha value is -4.35. The highest BCUT2D eigenvalue weighted by atomic mass is 32.2. The van der Waals surface area contributed by atoms with E-state index in [1.54, 1.807) is 39.0 Å². The molecule has 4 aromatic rings. The van der Waals surface area contributed by atoms with Crippen molar-refractivity contribution < 1.29 is 31.7 Å². The van der Waals surface area contributed by atoms with Crippen LogP contribution in [0.1, 0.15) is 67.1 Å². The molecule has 6 rings (SSSR count). The van der Waals surface area contributed by atoms with Gasteiger partial charge >= 0.3 is 16.2 Å². The van der Waals surface area contributed by atoms with Crippen molar-refractivity contribution in [3.8, 4) is 22.8 Å². The number of carbonyl (C=O) groups excluding carboxylic acids is 2. The molecule has 0 radical (unpaired) electrons. The van der Waals surface area contributed by atoms with E-state index in [2.05, 4.69) is 16.3 Å². The molecule has 3 aromatic carbocycles. The van der Waals surface area contributed by atoms with Crippen LogP contribution in [-0.2, 0) is 27.9 Å². The Labute approximate surface area is 269 Å². The van der Waals surface area contributed by atoms with E-state index in [1.807, 2.05) is 25.1 Å². The van der Waals surface area contributed by atoms with Crippen LogP contribution in [0, 0.1) is 6.92 Å². The summed E-state index contributed by atoms with van der Waals surface area (Å²) in [5, 5.41) is 3.63. The van der Waals surface area contributed by atoms with Crippen molar-refractivity contribution >= 4 is 33.0 Å². The molecule has 1 saturated heterocycles. The van der Waals surface area contributed by atoms with Gasteiger partial charge in [-0.05, 0) is 107 Å². The quantitative estimate of drug-likeness (QED) is 0.230. The minimum absolute atomic E-state index is 0.0171. The van der Waals surface area contributed by atoms with Crippen molar-refractivity contribution in [1.82, 2.24) is 14.8 Å². The Kier molecular flexibility index (Phi) is 8.32. The predicted octanol–water partition coefficient (Wildman–Crippen LogP) is 6.41. The first-order chi connectivity index (χ1) is 21.8. The minimum Gasteiger partial charge on any atom is -0.495 e. The summed E-state index contributed by atoms with van der Waals surface area (Å²) in [7, 11) is -2.92. The molecule has 242 valence electrons. The maximum absolute atomic E-state index is 13.7. The summed E-state index contributed by atoms with van der Waals surface area (Å²) in [6.07, 6.45) is 3.05. The number of amides is 1. The lowest BCUT2D eigenvalue weighted by atomic mass is 9.99. The number of fused-ring (bicyclic) bond motifs is 2. The van der Waals surface area contributed by atoms with Gasteiger partial charge in [-0.1, -0.05) is 18.6 Å². The molecule has 11 heteroatoms. The molecular weight excluding hydrogens is 606 g/mol. The Morgan fingerprint density at radius 1 is 0.957 bits per heavy atom. The van der Waals surface area contributed by atoms with E-state index >= 15 is 0 Å². The number of aromatic nitrogens is 1. The zero-order valence-electron chi connectivity index (χ0n) is 26.8. The largest absolute Gasteiger partial charge is 0.495 e. The summed E-state index contributed by atoms with van der Waals surface area (Å²) in [4.78, 5) is 29.4. The van der Waals surface area contributed by atoms with Crippen LogP contribution < -0.4 is 14.2 Å². The number of piperidine rings is 1. The normalized spacial score (nSPS) is 15.5. The van der Waals surface area contributed by atoms with Crippen LogP contribution in [0.2, 0.25) is 0 Å². The van der Waals surface area contributed by atoms with Gasteiger partial charge in [0.1, 0.15) is 22.0 Å². The molecule has 2 aliphatic heterocycles. The molecule has 0 aliphatic carbocycles. The van der Waals surface area contributed by atoms with Gasteiger partial charge < -0.3 is 19.0 Å². The van der Waals surface area contributed by atoms with E-state index in [0.717, 1.165) is 36.1 Å². The maximum atomic E-state index is 13.7. The third kappa shape index (κ3) is 6.21. The number of rotatable bonds is 7. The predicted molar refractivity (Wildman–Crippen MR) is 175 cm³/mol. The summed E-state index contributed by atoms with van der Waals surface area (Å²) < 4.78 is 45.1. The van der Waals surface area contributed by atoms with Crippen molar-refractivity contribution in [2.24, 2.45) is 0 Å². The molecule has 10 nitrogen and oxygen atoms in total. The number of benzene rings is 3.